The average molecular weight is 1230 g/mol. The predicted molar refractivity (Wildman–Crippen MR) is 378 cm³/mol. The molecule has 0 fully saturated rings. The van der Waals surface area contributed by atoms with Gasteiger partial charge in [-0.3, -0.25) is 9.59 Å². The monoisotopic (exact) mass is 1230 g/mol. The fourth-order valence-corrected chi connectivity index (χ4v) is 10.2. The quantitative estimate of drug-likeness (QED) is 0.0211. The Labute approximate surface area is 543 Å². The molecule has 506 valence electrons. The van der Waals surface area contributed by atoms with Crippen molar-refractivity contribution in [2.24, 2.45) is 0 Å². The van der Waals surface area contributed by atoms with Gasteiger partial charge < -0.3 is 28.5 Å². The molecule has 0 aromatic heterocycles. The Morgan fingerprint density at radius 2 is 0.648 bits per heavy atom. The minimum absolute atomic E-state index is 0.182. The van der Waals surface area contributed by atoms with Crippen molar-refractivity contribution in [1.82, 2.24) is 0 Å². The van der Waals surface area contributed by atoms with Crippen LogP contribution < -0.4 is 0 Å². The van der Waals surface area contributed by atoms with E-state index in [1.807, 2.05) is 21.1 Å². The molecule has 0 aromatic carbocycles. The number of nitrogens with zero attached hydrogens (tertiary/aromatic N) is 1. The van der Waals surface area contributed by atoms with Crippen molar-refractivity contribution < 1.29 is 42.9 Å². The Kier molecular flexibility index (Phi) is 65.7. The molecular weight excluding hydrogens is 1090 g/mol. The van der Waals surface area contributed by atoms with Crippen molar-refractivity contribution >= 4 is 17.9 Å². The lowest BCUT2D eigenvalue weighted by molar-refractivity contribution is -0.870. The summed E-state index contributed by atoms with van der Waals surface area (Å²) in [6, 6.07) is 0. The average Bonchev–Trinajstić information content (AvgIpc) is 3.55. The summed E-state index contributed by atoms with van der Waals surface area (Å²) in [4.78, 5) is 37.6. The fraction of sp³-hybridized carbons (Fsp3) is 0.734. The highest BCUT2D eigenvalue weighted by molar-refractivity contribution is 5.71. The lowest BCUT2D eigenvalue weighted by atomic mass is 10.0. The third-order valence-corrected chi connectivity index (χ3v) is 15.8. The molecule has 0 aromatic rings. The molecule has 0 aliphatic carbocycles. The summed E-state index contributed by atoms with van der Waals surface area (Å²) in [6.45, 7) is 4.80. The molecule has 0 aliphatic heterocycles. The minimum atomic E-state index is -1.51. The number of allylic oxidation sites excluding steroid dienone is 18. The van der Waals surface area contributed by atoms with Gasteiger partial charge in [-0.25, -0.2) is 4.79 Å². The standard InChI is InChI=1S/C79H137NO8/c1-6-8-10-12-14-16-18-20-22-24-26-28-30-31-32-33-34-35-36-37-38-39-40-41-42-43-44-45-46-47-48-50-52-54-56-58-60-62-64-66-68-70-77(82)88-75(74-87-79(78(83)84)85-72-71-80(3,4)5)73-86-76(81)69-67-65-63-61-59-57-55-53-51-49-29-27-25-23-21-19-17-15-13-11-9-7-2/h8,10,14,16,20,22,26,28,31-32,34-35,37-38,40-41,43-44,75,79H,6-7,9,11-13,15,17-19,21,23-25,27,29-30,33,36,39,42,45-74H2,1-5H3/p+1/b10-8-,16-14-,22-20-,28-26-,32-31-,35-34-,38-37-,41-40-,44-43-. The van der Waals surface area contributed by atoms with Crippen molar-refractivity contribution in [2.75, 3.05) is 47.5 Å². The van der Waals surface area contributed by atoms with Gasteiger partial charge in [0.15, 0.2) is 6.10 Å². The molecule has 2 atom stereocenters. The number of carbonyl (C=O) groups excluding carboxylic acids is 2. The van der Waals surface area contributed by atoms with E-state index in [0.717, 1.165) is 103 Å². The second kappa shape index (κ2) is 68.9. The number of carboxylic acids is 1. The first-order valence-electron chi connectivity index (χ1n) is 36.6. The molecule has 0 rings (SSSR count). The van der Waals surface area contributed by atoms with Crippen LogP contribution in [0.15, 0.2) is 109 Å². The maximum absolute atomic E-state index is 13.0. The fourth-order valence-electron chi connectivity index (χ4n) is 10.2. The van der Waals surface area contributed by atoms with Crippen molar-refractivity contribution in [3.05, 3.63) is 109 Å². The third kappa shape index (κ3) is 69.4. The maximum Gasteiger partial charge on any atom is 0.361 e. The molecule has 9 nitrogen and oxygen atoms in total. The predicted octanol–water partition coefficient (Wildman–Crippen LogP) is 23.0. The van der Waals surface area contributed by atoms with E-state index in [1.54, 1.807) is 0 Å². The first-order chi connectivity index (χ1) is 43.1. The first-order valence-corrected chi connectivity index (χ1v) is 36.6. The molecule has 1 N–H and O–H groups in total. The van der Waals surface area contributed by atoms with Crippen molar-refractivity contribution in [3.8, 4) is 0 Å². The Hall–Kier alpha value is -4.05. The number of quaternary nitrogens is 1. The summed E-state index contributed by atoms with van der Waals surface area (Å²) in [5, 5.41) is 9.75. The van der Waals surface area contributed by atoms with Gasteiger partial charge in [-0.1, -0.05) is 329 Å². The van der Waals surface area contributed by atoms with E-state index in [1.165, 1.54) is 186 Å². The zero-order chi connectivity index (χ0) is 64.0. The number of rotatable bonds is 67. The number of esters is 2. The molecule has 0 bridgehead atoms. The SMILES string of the molecule is CC/C=C\C/C=C\C/C=C\C/C=C\C/C=C\C/C=C\C/C=C\C/C=C\C/C=C\CCCCCCCCCCCCCCCC(=O)OC(COC(=O)CCCCCCCCCCCCCCCCCCCCCCCC)COC(OCC[N+](C)(C)C)C(=O)O. The Balaban J connectivity index is 4.08. The van der Waals surface area contributed by atoms with Gasteiger partial charge in [-0.05, 0) is 83.5 Å². The molecule has 0 spiro atoms. The van der Waals surface area contributed by atoms with Gasteiger partial charge in [-0.2, -0.15) is 0 Å². The van der Waals surface area contributed by atoms with E-state index in [0.29, 0.717) is 17.4 Å². The highest BCUT2D eigenvalue weighted by Crippen LogP contribution is 2.18. The number of carboxylic acid groups (broad SMARTS) is 1. The van der Waals surface area contributed by atoms with Gasteiger partial charge in [0.2, 0.25) is 0 Å². The molecule has 0 heterocycles. The molecule has 0 radical (unpaired) electrons. The van der Waals surface area contributed by atoms with Crippen LogP contribution in [0.4, 0.5) is 0 Å². The van der Waals surface area contributed by atoms with Crippen molar-refractivity contribution in [2.45, 2.75) is 328 Å². The van der Waals surface area contributed by atoms with E-state index in [4.69, 9.17) is 18.9 Å². The summed E-state index contributed by atoms with van der Waals surface area (Å²) >= 11 is 0. The van der Waals surface area contributed by atoms with Crippen LogP contribution in [0, 0.1) is 0 Å². The van der Waals surface area contributed by atoms with E-state index < -0.39 is 24.3 Å². The summed E-state index contributed by atoms with van der Waals surface area (Å²) in [6.07, 6.45) is 93.5. The first kappa shape index (κ1) is 84.0. The molecule has 88 heavy (non-hydrogen) atoms. The second-order valence-corrected chi connectivity index (χ2v) is 25.5. The van der Waals surface area contributed by atoms with Crippen LogP contribution in [0.5, 0.6) is 0 Å². The molecule has 0 amide bonds. The van der Waals surface area contributed by atoms with Crippen LogP contribution in [0.3, 0.4) is 0 Å². The summed E-state index contributed by atoms with van der Waals surface area (Å²) in [5.41, 5.74) is 0. The van der Waals surface area contributed by atoms with Crippen LogP contribution in [0.25, 0.3) is 0 Å². The number of hydrogen-bond acceptors (Lipinski definition) is 7. The van der Waals surface area contributed by atoms with Crippen LogP contribution in [0.1, 0.15) is 316 Å². The second-order valence-electron chi connectivity index (χ2n) is 25.5. The maximum atomic E-state index is 13.0. The molecule has 9 heteroatoms. The van der Waals surface area contributed by atoms with E-state index in [-0.39, 0.29) is 32.2 Å². The lowest BCUT2D eigenvalue weighted by Gasteiger charge is -2.25. The number of likely N-dealkylation sites (N-methyl/N-ethyl adjacent to an activating group) is 1. The van der Waals surface area contributed by atoms with Crippen molar-refractivity contribution in [1.29, 1.82) is 0 Å². The Bertz CT molecular complexity index is 1810. The molecule has 0 saturated heterocycles. The van der Waals surface area contributed by atoms with Gasteiger partial charge in [0.25, 0.3) is 6.29 Å². The van der Waals surface area contributed by atoms with Gasteiger partial charge in [0, 0.05) is 12.8 Å². The van der Waals surface area contributed by atoms with Crippen molar-refractivity contribution in [3.63, 3.8) is 0 Å². The number of hydrogen-bond donors (Lipinski definition) is 1. The minimum Gasteiger partial charge on any atom is -0.477 e. The number of unbranched alkanes of at least 4 members (excludes halogenated alkanes) is 34. The molecular formula is C79H138NO8+. The van der Waals surface area contributed by atoms with Gasteiger partial charge >= 0.3 is 17.9 Å². The molecule has 0 saturated carbocycles. The third-order valence-electron chi connectivity index (χ3n) is 15.8. The summed E-state index contributed by atoms with van der Waals surface area (Å²) < 4.78 is 23.0. The topological polar surface area (TPSA) is 108 Å². The van der Waals surface area contributed by atoms with E-state index in [2.05, 4.69) is 123 Å². The van der Waals surface area contributed by atoms with E-state index >= 15 is 0 Å². The highest BCUT2D eigenvalue weighted by Gasteiger charge is 2.25. The highest BCUT2D eigenvalue weighted by atomic mass is 16.7. The smallest absolute Gasteiger partial charge is 0.361 e. The number of ether oxygens (including phenoxy) is 4. The summed E-state index contributed by atoms with van der Waals surface area (Å²) in [5.74, 6) is -1.99. The number of carbonyl (C=O) groups is 3. The van der Waals surface area contributed by atoms with Gasteiger partial charge in [0.1, 0.15) is 13.2 Å². The molecule has 2 unspecified atom stereocenters. The van der Waals surface area contributed by atoms with Gasteiger partial charge in [0.05, 0.1) is 34.4 Å². The Morgan fingerprint density at radius 3 is 0.966 bits per heavy atom. The Morgan fingerprint density at radius 1 is 0.352 bits per heavy atom. The van der Waals surface area contributed by atoms with E-state index in [9.17, 15) is 19.5 Å². The normalized spacial score (nSPS) is 13.3. The number of aliphatic carboxylic acids is 1. The van der Waals surface area contributed by atoms with Crippen LogP contribution in [-0.2, 0) is 33.3 Å². The zero-order valence-corrected chi connectivity index (χ0v) is 57.9. The lowest BCUT2D eigenvalue weighted by Crippen LogP contribution is -2.40. The molecule has 0 aliphatic rings. The van der Waals surface area contributed by atoms with Gasteiger partial charge in [-0.15, -0.1) is 0 Å². The largest absolute Gasteiger partial charge is 0.477 e. The van der Waals surface area contributed by atoms with Crippen LogP contribution >= 0.6 is 0 Å². The van der Waals surface area contributed by atoms with Crippen LogP contribution in [0.2, 0.25) is 0 Å². The van der Waals surface area contributed by atoms with Crippen LogP contribution in [-0.4, -0.2) is 87.4 Å². The zero-order valence-electron chi connectivity index (χ0n) is 57.9. The summed E-state index contributed by atoms with van der Waals surface area (Å²) in [7, 11) is 5.98.